The van der Waals surface area contributed by atoms with Gasteiger partial charge in [0.25, 0.3) is 0 Å². The van der Waals surface area contributed by atoms with Gasteiger partial charge in [0.2, 0.25) is 5.91 Å². The van der Waals surface area contributed by atoms with Crippen molar-refractivity contribution in [2.24, 2.45) is 5.92 Å². The van der Waals surface area contributed by atoms with E-state index in [1.54, 1.807) is 0 Å². The first-order valence-electron chi connectivity index (χ1n) is 8.23. The lowest BCUT2D eigenvalue weighted by Gasteiger charge is -2.29. The van der Waals surface area contributed by atoms with Crippen LogP contribution in [0.15, 0.2) is 12.4 Å². The molecule has 2 fully saturated rings. The van der Waals surface area contributed by atoms with Crippen molar-refractivity contribution in [2.45, 2.75) is 32.4 Å². The third kappa shape index (κ3) is 3.33. The Morgan fingerprint density at radius 3 is 3.05 bits per heavy atom. The first kappa shape index (κ1) is 15.5. The number of carbonyl (C=O) groups excluding carboxylic acids is 1. The Bertz CT molecular complexity index is 516. The van der Waals surface area contributed by atoms with E-state index in [4.69, 9.17) is 4.74 Å². The molecule has 0 saturated carbocycles. The topological polar surface area (TPSA) is 50.6 Å². The fourth-order valence-electron chi connectivity index (χ4n) is 3.60. The normalized spacial score (nSPS) is 26.0. The van der Waals surface area contributed by atoms with Gasteiger partial charge in [-0.25, -0.2) is 4.98 Å². The summed E-state index contributed by atoms with van der Waals surface area (Å²) in [6, 6.07) is 0.193. The predicted octanol–water partition coefficient (Wildman–Crippen LogP) is 0.625. The van der Waals surface area contributed by atoms with Gasteiger partial charge < -0.3 is 19.1 Å². The van der Waals surface area contributed by atoms with Gasteiger partial charge in [-0.05, 0) is 7.05 Å². The van der Waals surface area contributed by atoms with E-state index in [2.05, 4.69) is 33.3 Å². The Kier molecular flexibility index (Phi) is 4.78. The molecular weight excluding hydrogens is 280 g/mol. The Morgan fingerprint density at radius 2 is 2.23 bits per heavy atom. The second-order valence-corrected chi connectivity index (χ2v) is 6.47. The first-order chi connectivity index (χ1) is 10.7. The molecule has 0 spiro atoms. The molecule has 6 heteroatoms. The van der Waals surface area contributed by atoms with Gasteiger partial charge in [0.1, 0.15) is 5.82 Å². The second-order valence-electron chi connectivity index (χ2n) is 6.47. The van der Waals surface area contributed by atoms with Gasteiger partial charge in [0.15, 0.2) is 0 Å². The maximum absolute atomic E-state index is 12.7. The third-order valence-corrected chi connectivity index (χ3v) is 4.66. The highest BCUT2D eigenvalue weighted by Gasteiger charge is 2.34. The van der Waals surface area contributed by atoms with Crippen molar-refractivity contribution < 1.29 is 9.53 Å². The minimum atomic E-state index is 0.193. The van der Waals surface area contributed by atoms with Crippen LogP contribution in [0.4, 0.5) is 0 Å². The number of rotatable bonds is 4. The fourth-order valence-corrected chi connectivity index (χ4v) is 3.60. The lowest BCUT2D eigenvalue weighted by Crippen LogP contribution is -2.46. The molecule has 0 aromatic carbocycles. The number of fused-ring (bicyclic) bond motifs is 3. The Balaban J connectivity index is 1.64. The van der Waals surface area contributed by atoms with Gasteiger partial charge >= 0.3 is 0 Å². The van der Waals surface area contributed by atoms with Gasteiger partial charge in [0, 0.05) is 57.3 Å². The number of hydrogen-bond acceptors (Lipinski definition) is 4. The summed E-state index contributed by atoms with van der Waals surface area (Å²) in [5.74, 6) is 1.72. The number of imidazole rings is 1. The molecule has 0 N–H and O–H groups in total. The largest absolute Gasteiger partial charge is 0.379 e. The van der Waals surface area contributed by atoms with Crippen LogP contribution in [0.1, 0.15) is 19.2 Å². The number of aryl methyl sites for hydroxylation is 2. The van der Waals surface area contributed by atoms with Gasteiger partial charge in [-0.2, -0.15) is 0 Å². The monoisotopic (exact) mass is 306 g/mol. The molecule has 1 aromatic rings. The highest BCUT2D eigenvalue weighted by molar-refractivity contribution is 5.76. The number of ether oxygens (including phenoxy) is 1. The SMILES string of the molecule is CCc1nccn1CCC(=O)N1C[C@H]2COC[C@@H]1CN(C)C2. The summed E-state index contributed by atoms with van der Waals surface area (Å²) < 4.78 is 7.83. The summed E-state index contributed by atoms with van der Waals surface area (Å²) in [4.78, 5) is 21.4. The van der Waals surface area contributed by atoms with Crippen LogP contribution in [-0.2, 0) is 22.5 Å². The van der Waals surface area contributed by atoms with Crippen molar-refractivity contribution >= 4 is 5.91 Å². The van der Waals surface area contributed by atoms with Crippen LogP contribution in [0.3, 0.4) is 0 Å². The van der Waals surface area contributed by atoms with Gasteiger partial charge in [-0.3, -0.25) is 4.79 Å². The average Bonchev–Trinajstić information content (AvgIpc) is 2.77. The molecular formula is C16H26N4O2. The van der Waals surface area contributed by atoms with E-state index in [0.717, 1.165) is 38.5 Å². The van der Waals surface area contributed by atoms with Crippen LogP contribution < -0.4 is 0 Å². The van der Waals surface area contributed by atoms with Crippen molar-refractivity contribution in [1.29, 1.82) is 0 Å². The lowest BCUT2D eigenvalue weighted by molar-refractivity contribution is -0.134. The molecule has 2 aliphatic rings. The van der Waals surface area contributed by atoms with Crippen molar-refractivity contribution in [3.63, 3.8) is 0 Å². The zero-order chi connectivity index (χ0) is 15.5. The average molecular weight is 306 g/mol. The van der Waals surface area contributed by atoms with E-state index in [9.17, 15) is 4.79 Å². The van der Waals surface area contributed by atoms with E-state index in [1.807, 2.05) is 12.4 Å². The van der Waals surface area contributed by atoms with Crippen LogP contribution in [0.2, 0.25) is 0 Å². The molecule has 2 atom stereocenters. The highest BCUT2D eigenvalue weighted by atomic mass is 16.5. The van der Waals surface area contributed by atoms with Crippen molar-refractivity contribution in [1.82, 2.24) is 19.4 Å². The molecule has 2 saturated heterocycles. The summed E-state index contributed by atoms with van der Waals surface area (Å²) in [5, 5.41) is 0. The summed E-state index contributed by atoms with van der Waals surface area (Å²) in [6.45, 7) is 7.00. The number of nitrogens with zero attached hydrogens (tertiary/aromatic N) is 4. The Labute approximate surface area is 132 Å². The molecule has 0 radical (unpaired) electrons. The van der Waals surface area contributed by atoms with E-state index in [0.29, 0.717) is 25.5 Å². The molecule has 3 heterocycles. The fraction of sp³-hybridized carbons (Fsp3) is 0.750. The number of likely N-dealkylation sites (N-methyl/N-ethyl adjacent to an activating group) is 1. The minimum Gasteiger partial charge on any atom is -0.379 e. The quantitative estimate of drug-likeness (QED) is 0.818. The van der Waals surface area contributed by atoms with Crippen LogP contribution in [0.25, 0.3) is 0 Å². The Morgan fingerprint density at radius 1 is 1.36 bits per heavy atom. The van der Waals surface area contributed by atoms with Crippen molar-refractivity contribution in [3.8, 4) is 0 Å². The van der Waals surface area contributed by atoms with Crippen LogP contribution in [-0.4, -0.2) is 71.2 Å². The number of hydrogen-bond donors (Lipinski definition) is 0. The lowest BCUT2D eigenvalue weighted by atomic mass is 10.1. The summed E-state index contributed by atoms with van der Waals surface area (Å²) in [7, 11) is 2.14. The molecule has 0 unspecified atom stereocenters. The van der Waals surface area contributed by atoms with Crippen LogP contribution in [0, 0.1) is 5.92 Å². The zero-order valence-electron chi connectivity index (χ0n) is 13.6. The van der Waals surface area contributed by atoms with E-state index >= 15 is 0 Å². The van der Waals surface area contributed by atoms with E-state index in [-0.39, 0.29) is 11.9 Å². The van der Waals surface area contributed by atoms with E-state index in [1.165, 1.54) is 0 Å². The molecule has 122 valence electrons. The molecule has 0 aliphatic carbocycles. The zero-order valence-corrected chi connectivity index (χ0v) is 13.6. The van der Waals surface area contributed by atoms with Crippen molar-refractivity contribution in [2.75, 3.05) is 39.9 Å². The van der Waals surface area contributed by atoms with Crippen molar-refractivity contribution in [3.05, 3.63) is 18.2 Å². The number of amides is 1. The van der Waals surface area contributed by atoms with Gasteiger partial charge in [-0.1, -0.05) is 6.92 Å². The minimum absolute atomic E-state index is 0.193. The second kappa shape index (κ2) is 6.79. The number of carbonyl (C=O) groups is 1. The molecule has 1 amide bonds. The predicted molar refractivity (Wildman–Crippen MR) is 83.5 cm³/mol. The molecule has 3 rings (SSSR count). The molecule has 22 heavy (non-hydrogen) atoms. The molecule has 2 bridgehead atoms. The molecule has 2 aliphatic heterocycles. The summed E-state index contributed by atoms with van der Waals surface area (Å²) in [6.07, 6.45) is 5.21. The molecule has 1 aromatic heterocycles. The Hall–Kier alpha value is -1.40. The highest BCUT2D eigenvalue weighted by Crippen LogP contribution is 2.19. The first-order valence-corrected chi connectivity index (χ1v) is 8.23. The molecule has 6 nitrogen and oxygen atoms in total. The van der Waals surface area contributed by atoms with Gasteiger partial charge in [-0.15, -0.1) is 0 Å². The third-order valence-electron chi connectivity index (χ3n) is 4.66. The maximum Gasteiger partial charge on any atom is 0.224 e. The van der Waals surface area contributed by atoms with E-state index < -0.39 is 0 Å². The van der Waals surface area contributed by atoms with Crippen LogP contribution >= 0.6 is 0 Å². The van der Waals surface area contributed by atoms with Gasteiger partial charge in [0.05, 0.1) is 19.3 Å². The maximum atomic E-state index is 12.7. The number of aromatic nitrogens is 2. The summed E-state index contributed by atoms with van der Waals surface area (Å²) in [5.41, 5.74) is 0. The standard InChI is InChI=1S/C16H26N4O2/c1-3-15-17-5-7-19(15)6-4-16(21)20-9-13-8-18(2)10-14(20)12-22-11-13/h5,7,13-14H,3-4,6,8-12H2,1-2H3/t13-,14-/m0/s1. The summed E-state index contributed by atoms with van der Waals surface area (Å²) >= 11 is 0. The van der Waals surface area contributed by atoms with Crippen LogP contribution in [0.5, 0.6) is 0 Å². The smallest absolute Gasteiger partial charge is 0.224 e.